The number of thioether (sulfide) groups is 1. The molecule has 0 aliphatic carbocycles. The normalized spacial score (nSPS) is 20.8. The van der Waals surface area contributed by atoms with Crippen LogP contribution < -0.4 is 10.9 Å². The number of halogens is 3. The molecule has 0 bridgehead atoms. The van der Waals surface area contributed by atoms with Crippen molar-refractivity contribution in [2.24, 2.45) is 5.10 Å². The lowest BCUT2D eigenvalue weighted by Crippen LogP contribution is -2.52. The van der Waals surface area contributed by atoms with Crippen molar-refractivity contribution in [1.29, 1.82) is 0 Å². The first-order chi connectivity index (χ1) is 15.4. The number of nitrogens with zero attached hydrogens (tertiary/aromatic N) is 4. The molecule has 2 aromatic heterocycles. The summed E-state index contributed by atoms with van der Waals surface area (Å²) in [5.74, 6) is 0.341. The molecule has 4 heterocycles. The Labute approximate surface area is 187 Å². The number of hydrazine groups is 1. The van der Waals surface area contributed by atoms with E-state index in [4.69, 9.17) is 4.52 Å². The average molecular weight is 480 g/mol. The fourth-order valence-electron chi connectivity index (χ4n) is 3.45. The Kier molecular flexibility index (Phi) is 5.39. The third-order valence-electron chi connectivity index (χ3n) is 4.96. The van der Waals surface area contributed by atoms with Gasteiger partial charge in [-0.05, 0) is 23.6 Å². The number of carbonyl (C=O) groups excluding carboxylic acids is 1. The lowest BCUT2D eigenvalue weighted by atomic mass is 10.1. The Hall–Kier alpha value is -2.90. The summed E-state index contributed by atoms with van der Waals surface area (Å²) < 4.78 is 44.0. The third-order valence-corrected chi connectivity index (χ3v) is 6.89. The number of hydrazone groups is 1. The molecule has 0 saturated carbocycles. The molecule has 1 aromatic carbocycles. The van der Waals surface area contributed by atoms with Gasteiger partial charge in [-0.15, -0.1) is 16.4 Å². The summed E-state index contributed by atoms with van der Waals surface area (Å²) in [6, 6.07) is 8.32. The molecule has 0 spiro atoms. The average Bonchev–Trinajstić information content (AvgIpc) is 3.53. The molecule has 0 radical (unpaired) electrons. The van der Waals surface area contributed by atoms with Gasteiger partial charge in [0.25, 0.3) is 5.91 Å². The minimum absolute atomic E-state index is 0.00515. The number of carbonyl (C=O) groups is 1. The minimum atomic E-state index is -4.46. The van der Waals surface area contributed by atoms with Gasteiger partial charge in [-0.3, -0.25) is 9.80 Å². The maximum Gasteiger partial charge on any atom is 0.416 e. The quantitative estimate of drug-likeness (QED) is 0.587. The third kappa shape index (κ3) is 4.10. The van der Waals surface area contributed by atoms with Crippen LogP contribution in [0.1, 0.15) is 28.8 Å². The van der Waals surface area contributed by atoms with Crippen LogP contribution in [-0.4, -0.2) is 32.3 Å². The van der Waals surface area contributed by atoms with Crippen molar-refractivity contribution in [2.75, 3.05) is 0 Å². The Morgan fingerprint density at radius 2 is 2.16 bits per heavy atom. The van der Waals surface area contributed by atoms with E-state index in [1.165, 1.54) is 23.9 Å². The van der Waals surface area contributed by atoms with Crippen LogP contribution in [0.3, 0.4) is 0 Å². The van der Waals surface area contributed by atoms with E-state index < -0.39 is 17.8 Å². The Morgan fingerprint density at radius 3 is 2.94 bits per heavy atom. The van der Waals surface area contributed by atoms with E-state index in [2.05, 4.69) is 26.1 Å². The van der Waals surface area contributed by atoms with Crippen LogP contribution in [0.25, 0.3) is 11.4 Å². The highest BCUT2D eigenvalue weighted by atomic mass is 32.2. The first kappa shape index (κ1) is 21.0. The maximum absolute atomic E-state index is 12.9. The molecule has 2 aliphatic heterocycles. The zero-order valence-corrected chi connectivity index (χ0v) is 17.8. The highest BCUT2D eigenvalue weighted by Crippen LogP contribution is 2.34. The lowest BCUT2D eigenvalue weighted by Gasteiger charge is -2.28. The Morgan fingerprint density at radius 1 is 1.28 bits per heavy atom. The smallest absolute Gasteiger partial charge is 0.338 e. The Bertz CT molecular complexity index is 1160. The number of rotatable bonds is 4. The van der Waals surface area contributed by atoms with E-state index in [9.17, 15) is 18.0 Å². The molecular formula is C19H15F3N6O2S2. The summed E-state index contributed by atoms with van der Waals surface area (Å²) >= 11 is 2.88. The van der Waals surface area contributed by atoms with Crippen molar-refractivity contribution in [3.8, 4) is 11.4 Å². The number of nitrogens with one attached hydrogen (secondary N) is 2. The van der Waals surface area contributed by atoms with Crippen molar-refractivity contribution < 1.29 is 22.5 Å². The molecule has 1 amide bonds. The molecule has 13 heteroatoms. The minimum Gasteiger partial charge on any atom is -0.338 e. The van der Waals surface area contributed by atoms with Gasteiger partial charge in [0.1, 0.15) is 6.04 Å². The lowest BCUT2D eigenvalue weighted by molar-refractivity contribution is -0.137. The van der Waals surface area contributed by atoms with Crippen molar-refractivity contribution in [3.63, 3.8) is 0 Å². The standard InChI is InChI=1S/C19H15F3N6O2S2/c20-19(21,22)11-4-1-3-10(7-11)16-23-15(30-27-16)9-32-18-25-24-17(29)13-8-12(26-28(13)18)14-5-2-6-31-14/h1-7,12-13,26H,8-9H2,(H,24,29). The second-order valence-corrected chi connectivity index (χ2v) is 8.99. The van der Waals surface area contributed by atoms with Crippen molar-refractivity contribution in [2.45, 2.75) is 30.4 Å². The van der Waals surface area contributed by atoms with Crippen LogP contribution in [0.5, 0.6) is 0 Å². The molecule has 5 rings (SSSR count). The SMILES string of the molecule is O=C1NN=C(SCc2nc(-c3cccc(C(F)(F)F)c3)no2)N2NC(c3cccs3)CC12. The molecule has 2 N–H and O–H groups in total. The molecule has 166 valence electrons. The van der Waals surface area contributed by atoms with Gasteiger partial charge in [0.05, 0.1) is 17.4 Å². The topological polar surface area (TPSA) is 95.7 Å². The van der Waals surface area contributed by atoms with Crippen molar-refractivity contribution >= 4 is 34.2 Å². The molecule has 1 saturated heterocycles. The molecule has 3 aromatic rings. The fourth-order valence-corrected chi connectivity index (χ4v) is 5.03. The molecule has 2 aliphatic rings. The zero-order chi connectivity index (χ0) is 22.3. The predicted molar refractivity (Wildman–Crippen MR) is 112 cm³/mol. The van der Waals surface area contributed by atoms with Gasteiger partial charge in [-0.25, -0.2) is 10.9 Å². The van der Waals surface area contributed by atoms with Crippen LogP contribution in [-0.2, 0) is 16.7 Å². The second-order valence-electron chi connectivity index (χ2n) is 7.07. The fraction of sp³-hybridized carbons (Fsp3) is 0.263. The molecule has 1 fully saturated rings. The van der Waals surface area contributed by atoms with E-state index in [1.54, 1.807) is 16.3 Å². The summed E-state index contributed by atoms with van der Waals surface area (Å²) in [5, 5.41) is 12.2. The predicted octanol–water partition coefficient (Wildman–Crippen LogP) is 3.77. The van der Waals surface area contributed by atoms with E-state index in [0.717, 1.165) is 17.0 Å². The van der Waals surface area contributed by atoms with E-state index >= 15 is 0 Å². The number of amides is 1. The second kappa shape index (κ2) is 8.22. The summed E-state index contributed by atoms with van der Waals surface area (Å²) in [6.07, 6.45) is -3.85. The zero-order valence-electron chi connectivity index (χ0n) is 16.2. The highest BCUT2D eigenvalue weighted by molar-refractivity contribution is 8.13. The van der Waals surface area contributed by atoms with Gasteiger partial charge < -0.3 is 4.52 Å². The number of hydrogen-bond donors (Lipinski definition) is 2. The van der Waals surface area contributed by atoms with E-state index in [0.29, 0.717) is 11.6 Å². The van der Waals surface area contributed by atoms with Crippen LogP contribution >= 0.6 is 23.1 Å². The van der Waals surface area contributed by atoms with Crippen LogP contribution in [0.4, 0.5) is 13.2 Å². The van der Waals surface area contributed by atoms with E-state index in [1.807, 2.05) is 17.5 Å². The number of alkyl halides is 3. The monoisotopic (exact) mass is 480 g/mol. The molecule has 2 atom stereocenters. The van der Waals surface area contributed by atoms with Gasteiger partial charge in [-0.2, -0.15) is 18.2 Å². The van der Waals surface area contributed by atoms with Gasteiger partial charge in [0.15, 0.2) is 5.17 Å². The summed E-state index contributed by atoms with van der Waals surface area (Å²) in [5.41, 5.74) is 5.28. The van der Waals surface area contributed by atoms with Gasteiger partial charge in [0.2, 0.25) is 11.7 Å². The highest BCUT2D eigenvalue weighted by Gasteiger charge is 2.42. The first-order valence-corrected chi connectivity index (χ1v) is 11.3. The van der Waals surface area contributed by atoms with Crippen molar-refractivity contribution in [3.05, 3.63) is 58.1 Å². The van der Waals surface area contributed by atoms with Crippen molar-refractivity contribution in [1.82, 2.24) is 26.0 Å². The summed E-state index contributed by atoms with van der Waals surface area (Å²) in [7, 11) is 0. The number of fused-ring (bicyclic) bond motifs is 1. The number of benzene rings is 1. The van der Waals surface area contributed by atoms with Gasteiger partial charge in [0, 0.05) is 16.9 Å². The van der Waals surface area contributed by atoms with Crippen LogP contribution in [0.2, 0.25) is 0 Å². The molecule has 32 heavy (non-hydrogen) atoms. The molecular weight excluding hydrogens is 465 g/mol. The van der Waals surface area contributed by atoms with E-state index in [-0.39, 0.29) is 35.0 Å². The van der Waals surface area contributed by atoms with Crippen LogP contribution in [0, 0.1) is 0 Å². The summed E-state index contributed by atoms with van der Waals surface area (Å²) in [4.78, 5) is 17.6. The largest absolute Gasteiger partial charge is 0.416 e. The molecule has 8 nitrogen and oxygen atoms in total. The van der Waals surface area contributed by atoms with Crippen LogP contribution in [0.15, 0.2) is 51.4 Å². The number of aromatic nitrogens is 2. The van der Waals surface area contributed by atoms with Gasteiger partial charge >= 0.3 is 6.18 Å². The number of thiophene rings is 1. The maximum atomic E-state index is 12.9. The summed E-state index contributed by atoms with van der Waals surface area (Å²) in [6.45, 7) is 0. The number of amidine groups is 1. The number of hydrogen-bond acceptors (Lipinski definition) is 9. The Balaban J connectivity index is 1.27. The molecule has 2 unspecified atom stereocenters. The van der Waals surface area contributed by atoms with Gasteiger partial charge in [-0.1, -0.05) is 35.1 Å². The first-order valence-electron chi connectivity index (χ1n) is 9.48.